The first-order valence-corrected chi connectivity index (χ1v) is 9.99. The quantitative estimate of drug-likeness (QED) is 0.818. The summed E-state index contributed by atoms with van der Waals surface area (Å²) in [6.07, 6.45) is -0.614. The van der Waals surface area contributed by atoms with Gasteiger partial charge in [0, 0.05) is 42.6 Å². The third-order valence-electron chi connectivity index (χ3n) is 5.10. The van der Waals surface area contributed by atoms with Gasteiger partial charge in [0.25, 0.3) is 5.91 Å². The molecule has 1 heterocycles. The Morgan fingerprint density at radius 3 is 2.21 bits per heavy atom. The van der Waals surface area contributed by atoms with Gasteiger partial charge in [-0.3, -0.25) is 4.79 Å². The van der Waals surface area contributed by atoms with Crippen molar-refractivity contribution in [3.8, 4) is 5.75 Å². The lowest BCUT2D eigenvalue weighted by atomic mass is 10.1. The highest BCUT2D eigenvalue weighted by Gasteiger charge is 2.17. The molecule has 5 nitrogen and oxygen atoms in total. The molecule has 28 heavy (non-hydrogen) atoms. The fraction of sp³-hybridized carbons (Fsp3) is 0.409. The maximum atomic E-state index is 12.5. The third kappa shape index (κ3) is 4.97. The molecule has 0 aliphatic carbocycles. The van der Waals surface area contributed by atoms with Crippen LogP contribution in [0, 0.1) is 13.8 Å². The normalized spacial score (nSPS) is 16.0. The number of halogens is 1. The molecule has 1 saturated heterocycles. The predicted molar refractivity (Wildman–Crippen MR) is 116 cm³/mol. The standard InChI is InChI=1S/C22H28ClN3O2/c1-15-13-20(14-16(2)21(15)23)28-17(3)22(27)24-18-5-7-19(8-6-18)26-11-9-25(4)10-12-26/h5-8,13-14,17H,9-12H2,1-4H3,(H,24,27). The van der Waals surface area contributed by atoms with Gasteiger partial charge in [0.15, 0.2) is 6.10 Å². The molecule has 1 amide bonds. The minimum atomic E-state index is -0.614. The highest BCUT2D eigenvalue weighted by atomic mass is 35.5. The molecule has 1 aliphatic rings. The molecule has 1 atom stereocenters. The lowest BCUT2D eigenvalue weighted by Crippen LogP contribution is -2.44. The molecule has 1 aliphatic heterocycles. The van der Waals surface area contributed by atoms with Gasteiger partial charge in [0.1, 0.15) is 5.75 Å². The number of aryl methyl sites for hydroxylation is 2. The number of nitrogens with zero attached hydrogens (tertiary/aromatic N) is 2. The van der Waals surface area contributed by atoms with E-state index in [1.54, 1.807) is 6.92 Å². The predicted octanol–water partition coefficient (Wildman–Crippen LogP) is 4.11. The van der Waals surface area contributed by atoms with Crippen molar-refractivity contribution in [2.24, 2.45) is 0 Å². The SMILES string of the molecule is Cc1cc(OC(C)C(=O)Nc2ccc(N3CCN(C)CC3)cc2)cc(C)c1Cl. The van der Waals surface area contributed by atoms with Crippen molar-refractivity contribution in [3.05, 3.63) is 52.5 Å². The largest absolute Gasteiger partial charge is 0.481 e. The van der Waals surface area contributed by atoms with Crippen molar-refractivity contribution < 1.29 is 9.53 Å². The minimum absolute atomic E-state index is 0.183. The van der Waals surface area contributed by atoms with Gasteiger partial charge in [0.2, 0.25) is 0 Å². The van der Waals surface area contributed by atoms with E-state index in [-0.39, 0.29) is 5.91 Å². The van der Waals surface area contributed by atoms with Crippen LogP contribution >= 0.6 is 11.6 Å². The number of ether oxygens (including phenoxy) is 1. The van der Waals surface area contributed by atoms with Gasteiger partial charge >= 0.3 is 0 Å². The number of carbonyl (C=O) groups is 1. The van der Waals surface area contributed by atoms with E-state index in [0.717, 1.165) is 48.0 Å². The van der Waals surface area contributed by atoms with Crippen molar-refractivity contribution in [2.45, 2.75) is 26.9 Å². The van der Waals surface area contributed by atoms with Crippen LogP contribution in [0.15, 0.2) is 36.4 Å². The van der Waals surface area contributed by atoms with Crippen LogP contribution in [0.25, 0.3) is 0 Å². The average molecular weight is 402 g/mol. The van der Waals surface area contributed by atoms with E-state index in [9.17, 15) is 4.79 Å². The van der Waals surface area contributed by atoms with Crippen molar-refractivity contribution in [2.75, 3.05) is 43.4 Å². The van der Waals surface area contributed by atoms with E-state index in [4.69, 9.17) is 16.3 Å². The molecule has 0 aromatic heterocycles. The summed E-state index contributed by atoms with van der Waals surface area (Å²) in [6, 6.07) is 11.7. The molecule has 1 N–H and O–H groups in total. The molecule has 0 bridgehead atoms. The highest BCUT2D eigenvalue weighted by molar-refractivity contribution is 6.32. The first-order chi connectivity index (χ1) is 13.3. The number of benzene rings is 2. The molecule has 0 radical (unpaired) electrons. The second-order valence-electron chi connectivity index (χ2n) is 7.46. The zero-order valence-electron chi connectivity index (χ0n) is 17.0. The summed E-state index contributed by atoms with van der Waals surface area (Å²) >= 11 is 6.19. The Morgan fingerprint density at radius 2 is 1.64 bits per heavy atom. The molecule has 0 spiro atoms. The van der Waals surface area contributed by atoms with Gasteiger partial charge in [-0.15, -0.1) is 0 Å². The number of anilines is 2. The molecule has 150 valence electrons. The number of amides is 1. The Labute approximate surface area is 172 Å². The fourth-order valence-electron chi connectivity index (χ4n) is 3.30. The van der Waals surface area contributed by atoms with E-state index >= 15 is 0 Å². The summed E-state index contributed by atoms with van der Waals surface area (Å²) in [5.41, 5.74) is 3.82. The number of likely N-dealkylation sites (N-methyl/N-ethyl adjacent to an activating group) is 1. The van der Waals surface area contributed by atoms with Crippen LogP contribution in [0.2, 0.25) is 5.02 Å². The van der Waals surface area contributed by atoms with E-state index in [1.165, 1.54) is 5.69 Å². The number of hydrogen-bond acceptors (Lipinski definition) is 4. The van der Waals surface area contributed by atoms with Crippen LogP contribution in [0.4, 0.5) is 11.4 Å². The molecule has 1 fully saturated rings. The number of rotatable bonds is 5. The Bertz CT molecular complexity index is 807. The van der Waals surface area contributed by atoms with Gasteiger partial charge in [-0.05, 0) is 75.3 Å². The molecule has 0 saturated carbocycles. The number of nitrogens with one attached hydrogen (secondary N) is 1. The van der Waals surface area contributed by atoms with Gasteiger partial charge in [-0.2, -0.15) is 0 Å². The summed E-state index contributed by atoms with van der Waals surface area (Å²) < 4.78 is 5.81. The highest BCUT2D eigenvalue weighted by Crippen LogP contribution is 2.26. The van der Waals surface area contributed by atoms with Crippen LogP contribution in [-0.4, -0.2) is 50.1 Å². The van der Waals surface area contributed by atoms with Gasteiger partial charge in [0.05, 0.1) is 0 Å². The van der Waals surface area contributed by atoms with Crippen molar-refractivity contribution in [3.63, 3.8) is 0 Å². The van der Waals surface area contributed by atoms with Crippen LogP contribution in [-0.2, 0) is 4.79 Å². The average Bonchev–Trinajstić information content (AvgIpc) is 2.67. The van der Waals surface area contributed by atoms with Crippen molar-refractivity contribution in [1.29, 1.82) is 0 Å². The molecular formula is C22H28ClN3O2. The Morgan fingerprint density at radius 1 is 1.07 bits per heavy atom. The summed E-state index contributed by atoms with van der Waals surface area (Å²) in [5.74, 6) is 0.463. The van der Waals surface area contributed by atoms with Gasteiger partial charge in [-0.25, -0.2) is 0 Å². The van der Waals surface area contributed by atoms with E-state index < -0.39 is 6.10 Å². The number of hydrogen-bond donors (Lipinski definition) is 1. The zero-order chi connectivity index (χ0) is 20.3. The molecular weight excluding hydrogens is 374 g/mol. The van der Waals surface area contributed by atoms with Crippen molar-refractivity contribution in [1.82, 2.24) is 4.90 Å². The molecule has 6 heteroatoms. The molecule has 3 rings (SSSR count). The molecule has 1 unspecified atom stereocenters. The minimum Gasteiger partial charge on any atom is -0.481 e. The van der Waals surface area contributed by atoms with Crippen molar-refractivity contribution >= 4 is 28.9 Å². The monoisotopic (exact) mass is 401 g/mol. The first kappa shape index (κ1) is 20.5. The van der Waals surface area contributed by atoms with Crippen LogP contribution in [0.3, 0.4) is 0 Å². The van der Waals surface area contributed by atoms with E-state index in [2.05, 4.69) is 34.3 Å². The summed E-state index contributed by atoms with van der Waals surface area (Å²) in [5, 5.41) is 3.65. The Balaban J connectivity index is 1.58. The number of carbonyl (C=O) groups excluding carboxylic acids is 1. The van der Waals surface area contributed by atoms with E-state index in [1.807, 2.05) is 38.1 Å². The van der Waals surface area contributed by atoms with Crippen LogP contribution in [0.5, 0.6) is 5.75 Å². The van der Waals surface area contributed by atoms with Gasteiger partial charge in [-0.1, -0.05) is 11.6 Å². The smallest absolute Gasteiger partial charge is 0.265 e. The lowest BCUT2D eigenvalue weighted by molar-refractivity contribution is -0.122. The topological polar surface area (TPSA) is 44.8 Å². The Hall–Kier alpha value is -2.24. The van der Waals surface area contributed by atoms with E-state index in [0.29, 0.717) is 5.75 Å². The number of piperazine rings is 1. The third-order valence-corrected chi connectivity index (χ3v) is 5.69. The maximum absolute atomic E-state index is 12.5. The second-order valence-corrected chi connectivity index (χ2v) is 7.84. The fourth-order valence-corrected chi connectivity index (χ4v) is 3.41. The second kappa shape index (κ2) is 8.84. The molecule has 2 aromatic carbocycles. The van der Waals surface area contributed by atoms with Crippen LogP contribution < -0.4 is 15.0 Å². The summed E-state index contributed by atoms with van der Waals surface area (Å²) in [4.78, 5) is 17.2. The first-order valence-electron chi connectivity index (χ1n) is 9.61. The van der Waals surface area contributed by atoms with Gasteiger partial charge < -0.3 is 19.9 Å². The summed E-state index contributed by atoms with van der Waals surface area (Å²) in [7, 11) is 2.14. The Kier molecular flexibility index (Phi) is 6.47. The molecule has 2 aromatic rings. The lowest BCUT2D eigenvalue weighted by Gasteiger charge is -2.34. The van der Waals surface area contributed by atoms with Crippen LogP contribution in [0.1, 0.15) is 18.1 Å². The zero-order valence-corrected chi connectivity index (χ0v) is 17.7. The maximum Gasteiger partial charge on any atom is 0.265 e. The summed E-state index contributed by atoms with van der Waals surface area (Å²) in [6.45, 7) is 9.77.